The summed E-state index contributed by atoms with van der Waals surface area (Å²) in [6.07, 6.45) is 0.792. The number of nitrogens with one attached hydrogen (secondary N) is 1. The molecule has 35 heavy (non-hydrogen) atoms. The molecule has 0 fully saturated rings. The molecule has 9 heteroatoms. The molecular weight excluding hydrogens is 466 g/mol. The highest BCUT2D eigenvalue weighted by molar-refractivity contribution is 7.99. The van der Waals surface area contributed by atoms with Gasteiger partial charge >= 0.3 is 5.97 Å². The van der Waals surface area contributed by atoms with Crippen LogP contribution in [0.4, 0.5) is 5.69 Å². The van der Waals surface area contributed by atoms with E-state index in [9.17, 15) is 14.4 Å². The molecule has 0 atom stereocenters. The van der Waals surface area contributed by atoms with E-state index in [-0.39, 0.29) is 22.8 Å². The van der Waals surface area contributed by atoms with Gasteiger partial charge in [-0.1, -0.05) is 37.7 Å². The lowest BCUT2D eigenvalue weighted by molar-refractivity contribution is -0.113. The number of hydrogen-bond acceptors (Lipinski definition) is 7. The Labute approximate surface area is 206 Å². The third kappa shape index (κ3) is 5.57. The first kappa shape index (κ1) is 24.5. The molecular formula is C26H27N3O5S. The van der Waals surface area contributed by atoms with Crippen LogP contribution in [0.3, 0.4) is 0 Å². The zero-order valence-electron chi connectivity index (χ0n) is 19.9. The summed E-state index contributed by atoms with van der Waals surface area (Å²) in [6, 6.07) is 13.9. The Bertz CT molecular complexity index is 1420. The molecule has 0 aliphatic heterocycles. The van der Waals surface area contributed by atoms with Gasteiger partial charge in [-0.25, -0.2) is 9.78 Å². The highest BCUT2D eigenvalue weighted by Gasteiger charge is 2.19. The second-order valence-corrected chi connectivity index (χ2v) is 9.39. The maximum absolute atomic E-state index is 13.3. The molecule has 4 rings (SSSR count). The molecule has 4 aromatic rings. The molecule has 0 saturated heterocycles. The number of hydrogen-bond donors (Lipinski definition) is 1. The first-order valence-corrected chi connectivity index (χ1v) is 12.5. The maximum atomic E-state index is 13.3. The monoisotopic (exact) mass is 493 g/mol. The Kier molecular flexibility index (Phi) is 7.55. The SMILES string of the molecule is CCOC(=O)c1ccc(NC(=O)CSc2nc3c(oc4ccccc43)c(=O)n2CCC(C)C)cc1. The van der Waals surface area contributed by atoms with Crippen molar-refractivity contribution in [2.75, 3.05) is 17.7 Å². The molecule has 8 nitrogen and oxygen atoms in total. The summed E-state index contributed by atoms with van der Waals surface area (Å²) in [5.41, 5.74) is 2.07. The van der Waals surface area contributed by atoms with E-state index >= 15 is 0 Å². The summed E-state index contributed by atoms with van der Waals surface area (Å²) < 4.78 is 12.4. The third-order valence-corrected chi connectivity index (χ3v) is 6.37. The minimum Gasteiger partial charge on any atom is -0.462 e. The van der Waals surface area contributed by atoms with Gasteiger partial charge in [0.15, 0.2) is 5.16 Å². The van der Waals surface area contributed by atoms with Crippen molar-refractivity contribution in [2.45, 2.75) is 38.9 Å². The molecule has 0 aliphatic rings. The van der Waals surface area contributed by atoms with Crippen molar-refractivity contribution >= 4 is 51.4 Å². The number of fused-ring (bicyclic) bond motifs is 3. The molecule has 0 bridgehead atoms. The van der Waals surface area contributed by atoms with Crippen LogP contribution >= 0.6 is 11.8 Å². The fraction of sp³-hybridized carbons (Fsp3) is 0.308. The average molecular weight is 494 g/mol. The number of furan rings is 1. The van der Waals surface area contributed by atoms with Crippen LogP contribution in [0.25, 0.3) is 22.1 Å². The van der Waals surface area contributed by atoms with Gasteiger partial charge in [0.25, 0.3) is 5.56 Å². The van der Waals surface area contributed by atoms with Crippen molar-refractivity contribution in [1.29, 1.82) is 0 Å². The highest BCUT2D eigenvalue weighted by Crippen LogP contribution is 2.27. The molecule has 0 saturated carbocycles. The van der Waals surface area contributed by atoms with Crippen molar-refractivity contribution < 1.29 is 18.7 Å². The van der Waals surface area contributed by atoms with Gasteiger partial charge in [0.1, 0.15) is 11.1 Å². The first-order valence-electron chi connectivity index (χ1n) is 11.5. The lowest BCUT2D eigenvalue weighted by Crippen LogP contribution is -2.24. The van der Waals surface area contributed by atoms with Crippen LogP contribution in [-0.4, -0.2) is 33.8 Å². The Morgan fingerprint density at radius 1 is 1.14 bits per heavy atom. The Hall–Kier alpha value is -3.59. The van der Waals surface area contributed by atoms with E-state index in [0.717, 1.165) is 11.8 Å². The quantitative estimate of drug-likeness (QED) is 0.197. The van der Waals surface area contributed by atoms with Crippen LogP contribution in [0.5, 0.6) is 0 Å². The molecule has 1 N–H and O–H groups in total. The van der Waals surface area contributed by atoms with Crippen LogP contribution in [-0.2, 0) is 16.1 Å². The van der Waals surface area contributed by atoms with Gasteiger partial charge in [0, 0.05) is 17.6 Å². The molecule has 2 heterocycles. The van der Waals surface area contributed by atoms with E-state index in [4.69, 9.17) is 14.1 Å². The number of thioether (sulfide) groups is 1. The lowest BCUT2D eigenvalue weighted by Gasteiger charge is -2.13. The lowest BCUT2D eigenvalue weighted by atomic mass is 10.1. The fourth-order valence-corrected chi connectivity index (χ4v) is 4.40. The standard InChI is InChI=1S/C26H27N3O5S/c1-4-33-25(32)17-9-11-18(12-10-17)27-21(30)15-35-26-28-22-19-7-5-6-8-20(19)34-23(22)24(31)29(26)14-13-16(2)3/h5-12,16H,4,13-15H2,1-3H3,(H,27,30). The van der Waals surface area contributed by atoms with Crippen molar-refractivity contribution in [3.63, 3.8) is 0 Å². The number of nitrogens with zero attached hydrogens (tertiary/aromatic N) is 2. The predicted molar refractivity (Wildman–Crippen MR) is 137 cm³/mol. The second kappa shape index (κ2) is 10.8. The van der Waals surface area contributed by atoms with E-state index in [1.165, 1.54) is 11.8 Å². The van der Waals surface area contributed by atoms with Crippen molar-refractivity contribution in [3.05, 3.63) is 64.4 Å². The van der Waals surface area contributed by atoms with Crippen LogP contribution in [0.2, 0.25) is 0 Å². The van der Waals surface area contributed by atoms with E-state index in [1.807, 2.05) is 24.3 Å². The van der Waals surface area contributed by atoms with E-state index < -0.39 is 5.97 Å². The summed E-state index contributed by atoms with van der Waals surface area (Å²) >= 11 is 1.21. The first-order chi connectivity index (χ1) is 16.9. The van der Waals surface area contributed by atoms with Crippen LogP contribution < -0.4 is 10.9 Å². The summed E-state index contributed by atoms with van der Waals surface area (Å²) in [7, 11) is 0. The number of rotatable bonds is 9. The maximum Gasteiger partial charge on any atom is 0.338 e. The highest BCUT2D eigenvalue weighted by atomic mass is 32.2. The fourth-order valence-electron chi connectivity index (χ4n) is 3.58. The van der Waals surface area contributed by atoms with Crippen LogP contribution in [0.1, 0.15) is 37.6 Å². The number of aromatic nitrogens is 2. The summed E-state index contributed by atoms with van der Waals surface area (Å²) in [6.45, 7) is 6.70. The van der Waals surface area contributed by atoms with Crippen LogP contribution in [0, 0.1) is 5.92 Å². The minimum atomic E-state index is -0.409. The van der Waals surface area contributed by atoms with Crippen molar-refractivity contribution in [1.82, 2.24) is 9.55 Å². The molecule has 0 aliphatic carbocycles. The minimum absolute atomic E-state index is 0.0645. The number of benzene rings is 2. The largest absolute Gasteiger partial charge is 0.462 e. The van der Waals surface area contributed by atoms with Gasteiger partial charge in [0.05, 0.1) is 17.9 Å². The zero-order valence-corrected chi connectivity index (χ0v) is 20.7. The normalized spacial score (nSPS) is 11.3. The smallest absolute Gasteiger partial charge is 0.338 e. The Morgan fingerprint density at radius 2 is 1.89 bits per heavy atom. The number of anilines is 1. The summed E-state index contributed by atoms with van der Waals surface area (Å²) in [5.74, 6) is -0.198. The number of para-hydroxylation sites is 1. The van der Waals surface area contributed by atoms with E-state index in [1.54, 1.807) is 35.8 Å². The number of carbonyl (C=O) groups is 2. The number of ether oxygens (including phenoxy) is 1. The molecule has 2 aromatic carbocycles. The van der Waals surface area contributed by atoms with Crippen molar-refractivity contribution in [2.24, 2.45) is 5.92 Å². The van der Waals surface area contributed by atoms with Gasteiger partial charge in [0.2, 0.25) is 11.5 Å². The van der Waals surface area contributed by atoms with E-state index in [2.05, 4.69) is 19.2 Å². The molecule has 1 amide bonds. The van der Waals surface area contributed by atoms with Crippen LogP contribution in [0.15, 0.2) is 62.9 Å². The second-order valence-electron chi connectivity index (χ2n) is 8.44. The average Bonchev–Trinajstić information content (AvgIpc) is 3.22. The molecule has 2 aromatic heterocycles. The topological polar surface area (TPSA) is 103 Å². The number of carbonyl (C=O) groups excluding carboxylic acids is 2. The van der Waals surface area contributed by atoms with Gasteiger partial charge < -0.3 is 14.5 Å². The van der Waals surface area contributed by atoms with E-state index in [0.29, 0.717) is 46.6 Å². The summed E-state index contributed by atoms with van der Waals surface area (Å²) in [5, 5.41) is 4.05. The van der Waals surface area contributed by atoms with Gasteiger partial charge in [-0.05, 0) is 55.7 Å². The molecule has 182 valence electrons. The van der Waals surface area contributed by atoms with Gasteiger partial charge in [-0.3, -0.25) is 14.2 Å². The number of esters is 1. The molecule has 0 unspecified atom stereocenters. The Morgan fingerprint density at radius 3 is 2.60 bits per heavy atom. The van der Waals surface area contributed by atoms with Gasteiger partial charge in [-0.15, -0.1) is 0 Å². The third-order valence-electron chi connectivity index (χ3n) is 5.39. The van der Waals surface area contributed by atoms with Gasteiger partial charge in [-0.2, -0.15) is 0 Å². The molecule has 0 radical (unpaired) electrons. The van der Waals surface area contributed by atoms with Crippen molar-refractivity contribution in [3.8, 4) is 0 Å². The number of amides is 1. The predicted octanol–water partition coefficient (Wildman–Crippen LogP) is 5.10. The molecule has 0 spiro atoms. The summed E-state index contributed by atoms with van der Waals surface area (Å²) in [4.78, 5) is 42.4. The Balaban J connectivity index is 1.55. The zero-order chi connectivity index (χ0) is 24.9.